The highest BCUT2D eigenvalue weighted by molar-refractivity contribution is 6.76. The van der Waals surface area contributed by atoms with Crippen molar-refractivity contribution in [3.8, 4) is 6.01 Å². The molecule has 1 heterocycles. The number of carbonyl (C=O) groups is 1. The van der Waals surface area contributed by atoms with Crippen LogP contribution in [-0.2, 0) is 11.5 Å². The maximum Gasteiger partial charge on any atom is 0.355 e. The fraction of sp³-hybridized carbons (Fsp3) is 0.636. The number of ether oxygens (including phenoxy) is 2. The molecule has 0 radical (unpaired) electrons. The van der Waals surface area contributed by atoms with Crippen molar-refractivity contribution in [1.82, 2.24) is 9.55 Å². The summed E-state index contributed by atoms with van der Waals surface area (Å²) in [5.74, 6) is -1.16. The van der Waals surface area contributed by atoms with Gasteiger partial charge in [-0.2, -0.15) is 4.98 Å². The minimum Gasteiger partial charge on any atom is -0.476 e. The van der Waals surface area contributed by atoms with Gasteiger partial charge in [0.05, 0.1) is 7.11 Å². The summed E-state index contributed by atoms with van der Waals surface area (Å²) in [5, 5.41) is 8.99. The van der Waals surface area contributed by atoms with E-state index in [9.17, 15) is 4.79 Å². The summed E-state index contributed by atoms with van der Waals surface area (Å²) in [5.41, 5.74) is -0.119. The van der Waals surface area contributed by atoms with E-state index in [1.807, 2.05) is 0 Å². The van der Waals surface area contributed by atoms with Crippen molar-refractivity contribution in [2.45, 2.75) is 32.4 Å². The van der Waals surface area contributed by atoms with Gasteiger partial charge in [0.25, 0.3) is 6.01 Å². The first-order chi connectivity index (χ1) is 8.76. The van der Waals surface area contributed by atoms with Crippen LogP contribution in [-0.4, -0.2) is 42.4 Å². The van der Waals surface area contributed by atoms with Gasteiger partial charge in [0.1, 0.15) is 6.73 Å². The number of hydrogen-bond acceptors (Lipinski definition) is 4. The number of aromatic nitrogens is 2. The van der Waals surface area contributed by atoms with Crippen LogP contribution in [0.15, 0.2) is 0 Å². The number of aromatic carboxylic acids is 1. The lowest BCUT2D eigenvalue weighted by Gasteiger charge is -2.16. The molecule has 1 N–H and O–H groups in total. The van der Waals surface area contributed by atoms with Gasteiger partial charge in [-0.1, -0.05) is 31.2 Å². The quantitative estimate of drug-likeness (QED) is 0.619. The Bertz CT molecular complexity index is 456. The van der Waals surface area contributed by atoms with Crippen LogP contribution in [0.25, 0.3) is 0 Å². The Kier molecular flexibility index (Phi) is 5.39. The highest BCUT2D eigenvalue weighted by Crippen LogP contribution is 2.22. The molecule has 0 amide bonds. The van der Waals surface area contributed by atoms with Gasteiger partial charge >= 0.3 is 5.97 Å². The molecule has 1 aromatic rings. The van der Waals surface area contributed by atoms with E-state index in [0.717, 1.165) is 6.04 Å². The second-order valence-electron chi connectivity index (χ2n) is 5.32. The van der Waals surface area contributed by atoms with Gasteiger partial charge in [0.15, 0.2) is 10.8 Å². The van der Waals surface area contributed by atoms with Crippen LogP contribution < -0.4 is 4.74 Å². The number of nitrogens with zero attached hydrogens (tertiary/aromatic N) is 2. The first kappa shape index (κ1) is 16.0. The number of carboxylic acids is 1. The largest absolute Gasteiger partial charge is 0.476 e. The molecular weight excluding hydrogens is 288 g/mol. The monoisotopic (exact) mass is 306 g/mol. The molecule has 0 unspecified atom stereocenters. The maximum atomic E-state index is 11.1. The number of carboxylic acid groups (broad SMARTS) is 1. The molecule has 0 bridgehead atoms. The standard InChI is InChI=1S/C11H19ClN2O4Si/c1-17-11-13-9(12)8(10(15)16)14(11)7-18-5-6-19(2,3)4/h5-7H2,1-4H3,(H,15,16). The van der Waals surface area contributed by atoms with Crippen molar-refractivity contribution >= 4 is 25.6 Å². The molecule has 1 rings (SSSR count). The lowest BCUT2D eigenvalue weighted by Crippen LogP contribution is -2.22. The highest BCUT2D eigenvalue weighted by atomic mass is 35.5. The minimum absolute atomic E-state index is 0.0645. The van der Waals surface area contributed by atoms with E-state index in [1.165, 1.54) is 11.7 Å². The number of halogens is 1. The first-order valence-electron chi connectivity index (χ1n) is 5.87. The van der Waals surface area contributed by atoms with Crippen LogP contribution in [0.3, 0.4) is 0 Å². The Balaban J connectivity index is 2.74. The molecule has 0 aliphatic carbocycles. The molecule has 0 aromatic carbocycles. The van der Waals surface area contributed by atoms with Crippen LogP contribution in [0.5, 0.6) is 6.01 Å². The predicted molar refractivity (Wildman–Crippen MR) is 74.9 cm³/mol. The fourth-order valence-electron chi connectivity index (χ4n) is 1.42. The van der Waals surface area contributed by atoms with E-state index in [0.29, 0.717) is 6.61 Å². The molecule has 0 aliphatic heterocycles. The molecule has 0 spiro atoms. The third-order valence-electron chi connectivity index (χ3n) is 2.49. The van der Waals surface area contributed by atoms with Gasteiger partial charge in [-0.05, 0) is 6.04 Å². The zero-order chi connectivity index (χ0) is 14.6. The third-order valence-corrected chi connectivity index (χ3v) is 4.46. The summed E-state index contributed by atoms with van der Waals surface area (Å²) in [6.07, 6.45) is 0. The Morgan fingerprint density at radius 1 is 1.47 bits per heavy atom. The summed E-state index contributed by atoms with van der Waals surface area (Å²) in [4.78, 5) is 14.9. The Morgan fingerprint density at radius 2 is 2.11 bits per heavy atom. The van der Waals surface area contributed by atoms with Crippen molar-refractivity contribution in [2.75, 3.05) is 13.7 Å². The summed E-state index contributed by atoms with van der Waals surface area (Å²) < 4.78 is 11.8. The molecule has 6 nitrogen and oxygen atoms in total. The topological polar surface area (TPSA) is 73.6 Å². The predicted octanol–water partition coefficient (Wildman–Crippen LogP) is 2.56. The molecule has 0 fully saturated rings. The van der Waals surface area contributed by atoms with Crippen molar-refractivity contribution in [3.05, 3.63) is 10.8 Å². The van der Waals surface area contributed by atoms with E-state index in [-0.39, 0.29) is 23.6 Å². The Labute approximate surface area is 118 Å². The van der Waals surface area contributed by atoms with E-state index < -0.39 is 14.0 Å². The summed E-state index contributed by atoms with van der Waals surface area (Å²) >= 11 is 5.77. The molecule has 0 saturated carbocycles. The SMILES string of the molecule is COc1nc(Cl)c(C(=O)O)n1COCC[Si](C)(C)C. The number of methoxy groups -OCH3 is 1. The second kappa shape index (κ2) is 6.40. The van der Waals surface area contributed by atoms with E-state index in [2.05, 4.69) is 24.6 Å². The van der Waals surface area contributed by atoms with Gasteiger partial charge in [0.2, 0.25) is 0 Å². The minimum atomic E-state index is -1.17. The van der Waals surface area contributed by atoms with Gasteiger partial charge in [-0.25, -0.2) is 4.79 Å². The fourth-order valence-corrected chi connectivity index (χ4v) is 2.43. The molecule has 0 aliphatic rings. The zero-order valence-electron chi connectivity index (χ0n) is 11.6. The summed E-state index contributed by atoms with van der Waals surface area (Å²) in [6.45, 7) is 7.37. The zero-order valence-corrected chi connectivity index (χ0v) is 13.3. The molecular formula is C11H19ClN2O4Si. The smallest absolute Gasteiger partial charge is 0.355 e. The Morgan fingerprint density at radius 3 is 2.58 bits per heavy atom. The van der Waals surface area contributed by atoms with Crippen LogP contribution in [0.1, 0.15) is 10.5 Å². The third kappa shape index (κ3) is 4.52. The number of rotatable bonds is 7. The van der Waals surface area contributed by atoms with Crippen molar-refractivity contribution < 1.29 is 19.4 Å². The van der Waals surface area contributed by atoms with Crippen LogP contribution in [0.4, 0.5) is 0 Å². The molecule has 19 heavy (non-hydrogen) atoms. The van der Waals surface area contributed by atoms with Crippen LogP contribution in [0.2, 0.25) is 30.8 Å². The average Bonchev–Trinajstić information content (AvgIpc) is 2.59. The number of hydrogen-bond donors (Lipinski definition) is 1. The van der Waals surface area contributed by atoms with Gasteiger partial charge in [0, 0.05) is 14.7 Å². The summed E-state index contributed by atoms with van der Waals surface area (Å²) in [6, 6.07) is 1.13. The van der Waals surface area contributed by atoms with Crippen molar-refractivity contribution in [2.24, 2.45) is 0 Å². The van der Waals surface area contributed by atoms with Crippen LogP contribution in [0, 0.1) is 0 Å². The molecule has 8 heteroatoms. The highest BCUT2D eigenvalue weighted by Gasteiger charge is 2.22. The van der Waals surface area contributed by atoms with E-state index in [4.69, 9.17) is 26.2 Å². The lowest BCUT2D eigenvalue weighted by atomic mass is 10.5. The lowest BCUT2D eigenvalue weighted by molar-refractivity contribution is 0.0603. The van der Waals surface area contributed by atoms with E-state index in [1.54, 1.807) is 0 Å². The maximum absolute atomic E-state index is 11.1. The molecule has 0 saturated heterocycles. The molecule has 0 atom stereocenters. The first-order valence-corrected chi connectivity index (χ1v) is 9.96. The normalized spacial score (nSPS) is 11.6. The summed E-state index contributed by atoms with van der Waals surface area (Å²) in [7, 11) is 0.235. The number of imidazole rings is 1. The molecule has 108 valence electrons. The van der Waals surface area contributed by atoms with Crippen molar-refractivity contribution in [3.63, 3.8) is 0 Å². The Hall–Kier alpha value is -1.05. The molecule has 1 aromatic heterocycles. The van der Waals surface area contributed by atoms with Gasteiger partial charge in [-0.3, -0.25) is 4.57 Å². The van der Waals surface area contributed by atoms with Gasteiger partial charge < -0.3 is 14.6 Å². The van der Waals surface area contributed by atoms with Crippen molar-refractivity contribution in [1.29, 1.82) is 0 Å². The second-order valence-corrected chi connectivity index (χ2v) is 11.3. The van der Waals surface area contributed by atoms with Crippen LogP contribution >= 0.6 is 11.6 Å². The van der Waals surface area contributed by atoms with Gasteiger partial charge in [-0.15, -0.1) is 0 Å². The van der Waals surface area contributed by atoms with E-state index >= 15 is 0 Å². The average molecular weight is 307 g/mol.